The molecule has 1 aromatic heterocycles. The number of piperidine rings is 1. The van der Waals surface area contributed by atoms with Gasteiger partial charge in [0.25, 0.3) is 0 Å². The van der Waals surface area contributed by atoms with Gasteiger partial charge < -0.3 is 19.9 Å². The fourth-order valence-corrected chi connectivity index (χ4v) is 4.10. The number of aliphatic hydroxyl groups is 1. The quantitative estimate of drug-likeness (QED) is 0.572. The fraction of sp³-hybridized carbons (Fsp3) is 0.478. The van der Waals surface area contributed by atoms with Crippen molar-refractivity contribution in [1.29, 1.82) is 0 Å². The Morgan fingerprint density at radius 2 is 1.93 bits per heavy atom. The molecule has 0 bridgehead atoms. The van der Waals surface area contributed by atoms with Crippen LogP contribution in [0.5, 0.6) is 5.75 Å². The lowest BCUT2D eigenvalue weighted by molar-refractivity contribution is -0.123. The van der Waals surface area contributed by atoms with Gasteiger partial charge in [0, 0.05) is 37.6 Å². The Morgan fingerprint density at radius 1 is 1.23 bits per heavy atom. The van der Waals surface area contributed by atoms with Crippen molar-refractivity contribution in [2.45, 2.75) is 44.6 Å². The SMILES string of the molecule is Cc1cc(=O)c(O)c(C2(CC(=O)NCCCO)CCN(Cc3ccccc3)CC2)o1. The molecule has 1 amide bonds. The van der Waals surface area contributed by atoms with Crippen LogP contribution in [0.3, 0.4) is 0 Å². The predicted octanol–water partition coefficient (Wildman–Crippen LogP) is 2.08. The zero-order valence-electron chi connectivity index (χ0n) is 17.4. The van der Waals surface area contributed by atoms with Gasteiger partial charge in [0.15, 0.2) is 5.76 Å². The third kappa shape index (κ3) is 5.29. The monoisotopic (exact) mass is 414 g/mol. The molecule has 1 fully saturated rings. The number of carbonyl (C=O) groups excluding carboxylic acids is 1. The van der Waals surface area contributed by atoms with E-state index in [0.717, 1.165) is 19.6 Å². The Kier molecular flexibility index (Phi) is 7.29. The zero-order chi connectivity index (χ0) is 21.6. The Bertz CT molecular complexity index is 902. The first-order chi connectivity index (χ1) is 14.4. The molecular formula is C23H30N2O5. The first-order valence-corrected chi connectivity index (χ1v) is 10.4. The van der Waals surface area contributed by atoms with Gasteiger partial charge in [-0.3, -0.25) is 14.5 Å². The molecule has 0 atom stereocenters. The van der Waals surface area contributed by atoms with Crippen LogP contribution in [-0.4, -0.2) is 47.3 Å². The second-order valence-electron chi connectivity index (χ2n) is 8.04. The summed E-state index contributed by atoms with van der Waals surface area (Å²) in [6, 6.07) is 11.4. The first-order valence-electron chi connectivity index (χ1n) is 10.4. The van der Waals surface area contributed by atoms with Gasteiger partial charge in [-0.1, -0.05) is 30.3 Å². The van der Waals surface area contributed by atoms with E-state index < -0.39 is 16.6 Å². The Morgan fingerprint density at radius 3 is 2.60 bits per heavy atom. The fourth-order valence-electron chi connectivity index (χ4n) is 4.10. The van der Waals surface area contributed by atoms with Crippen molar-refractivity contribution >= 4 is 5.91 Å². The summed E-state index contributed by atoms with van der Waals surface area (Å²) >= 11 is 0. The summed E-state index contributed by atoms with van der Waals surface area (Å²) in [6.45, 7) is 4.31. The van der Waals surface area contributed by atoms with Crippen molar-refractivity contribution in [3.63, 3.8) is 0 Å². The highest BCUT2D eigenvalue weighted by molar-refractivity contribution is 5.77. The van der Waals surface area contributed by atoms with E-state index in [-0.39, 0.29) is 24.7 Å². The van der Waals surface area contributed by atoms with Crippen LogP contribution >= 0.6 is 0 Å². The average Bonchev–Trinajstić information content (AvgIpc) is 2.73. The zero-order valence-corrected chi connectivity index (χ0v) is 17.4. The molecule has 7 nitrogen and oxygen atoms in total. The van der Waals surface area contributed by atoms with E-state index in [1.54, 1.807) is 6.92 Å². The minimum Gasteiger partial charge on any atom is -0.502 e. The van der Waals surface area contributed by atoms with Gasteiger partial charge in [-0.2, -0.15) is 0 Å². The van der Waals surface area contributed by atoms with Crippen LogP contribution in [0, 0.1) is 6.92 Å². The van der Waals surface area contributed by atoms with E-state index in [4.69, 9.17) is 9.52 Å². The minimum absolute atomic E-state index is 0.00735. The highest BCUT2D eigenvalue weighted by Gasteiger charge is 2.43. The molecule has 1 aromatic carbocycles. The number of hydrogen-bond acceptors (Lipinski definition) is 6. The van der Waals surface area contributed by atoms with Gasteiger partial charge in [0.2, 0.25) is 17.1 Å². The number of aromatic hydroxyl groups is 1. The third-order valence-corrected chi connectivity index (χ3v) is 5.75. The minimum atomic E-state index is -0.744. The van der Waals surface area contributed by atoms with Gasteiger partial charge >= 0.3 is 0 Å². The van der Waals surface area contributed by atoms with E-state index in [9.17, 15) is 14.7 Å². The van der Waals surface area contributed by atoms with E-state index in [1.807, 2.05) is 18.2 Å². The van der Waals surface area contributed by atoms with Crippen molar-refractivity contribution in [2.24, 2.45) is 0 Å². The molecule has 0 unspecified atom stereocenters. The maximum atomic E-state index is 12.6. The lowest BCUT2D eigenvalue weighted by atomic mass is 9.72. The smallest absolute Gasteiger partial charge is 0.227 e. The van der Waals surface area contributed by atoms with Crippen LogP contribution in [0.4, 0.5) is 0 Å². The Hall–Kier alpha value is -2.64. The molecule has 0 spiro atoms. The van der Waals surface area contributed by atoms with Crippen molar-refractivity contribution in [2.75, 3.05) is 26.2 Å². The Balaban J connectivity index is 1.81. The van der Waals surface area contributed by atoms with Gasteiger partial charge in [0.1, 0.15) is 5.76 Å². The molecule has 0 radical (unpaired) electrons. The van der Waals surface area contributed by atoms with Crippen molar-refractivity contribution < 1.29 is 19.4 Å². The molecule has 30 heavy (non-hydrogen) atoms. The number of likely N-dealkylation sites (tertiary alicyclic amines) is 1. The van der Waals surface area contributed by atoms with E-state index in [1.165, 1.54) is 11.6 Å². The highest BCUT2D eigenvalue weighted by Crippen LogP contribution is 2.42. The third-order valence-electron chi connectivity index (χ3n) is 5.75. The molecule has 0 aliphatic carbocycles. The summed E-state index contributed by atoms with van der Waals surface area (Å²) in [7, 11) is 0. The first kappa shape index (κ1) is 22.1. The maximum absolute atomic E-state index is 12.6. The lowest BCUT2D eigenvalue weighted by Gasteiger charge is -2.41. The number of aliphatic hydroxyl groups excluding tert-OH is 1. The largest absolute Gasteiger partial charge is 0.502 e. The number of benzene rings is 1. The number of carbonyl (C=O) groups is 1. The van der Waals surface area contributed by atoms with Crippen LogP contribution in [0.1, 0.15) is 42.8 Å². The average molecular weight is 415 g/mol. The van der Waals surface area contributed by atoms with Gasteiger partial charge in [0.05, 0.1) is 0 Å². The molecule has 1 aliphatic rings. The van der Waals surface area contributed by atoms with Crippen LogP contribution in [-0.2, 0) is 16.8 Å². The van der Waals surface area contributed by atoms with E-state index >= 15 is 0 Å². The predicted molar refractivity (Wildman–Crippen MR) is 113 cm³/mol. The maximum Gasteiger partial charge on any atom is 0.227 e. The summed E-state index contributed by atoms with van der Waals surface area (Å²) in [4.78, 5) is 27.1. The van der Waals surface area contributed by atoms with Gasteiger partial charge in [-0.25, -0.2) is 0 Å². The second-order valence-corrected chi connectivity index (χ2v) is 8.04. The van der Waals surface area contributed by atoms with Gasteiger partial charge in [-0.15, -0.1) is 0 Å². The summed E-state index contributed by atoms with van der Waals surface area (Å²) in [5, 5.41) is 22.2. The lowest BCUT2D eigenvalue weighted by Crippen LogP contribution is -2.45. The summed E-state index contributed by atoms with van der Waals surface area (Å²) in [6.07, 6.45) is 1.78. The van der Waals surface area contributed by atoms with Crippen molar-refractivity contribution in [1.82, 2.24) is 10.2 Å². The number of hydrogen-bond donors (Lipinski definition) is 3. The van der Waals surface area contributed by atoms with Crippen LogP contribution in [0.2, 0.25) is 0 Å². The summed E-state index contributed by atoms with van der Waals surface area (Å²) in [5.41, 5.74) is -0.0108. The van der Waals surface area contributed by atoms with E-state index in [0.29, 0.717) is 31.6 Å². The molecular weight excluding hydrogens is 384 g/mol. The molecule has 2 heterocycles. The number of nitrogens with zero attached hydrogens (tertiary/aromatic N) is 1. The molecule has 1 saturated heterocycles. The van der Waals surface area contributed by atoms with Crippen molar-refractivity contribution in [3.8, 4) is 5.75 Å². The molecule has 2 aromatic rings. The molecule has 3 N–H and O–H groups in total. The standard InChI is InChI=1S/C23H30N2O5/c1-17-14-19(27)21(29)22(30-17)23(15-20(28)24-10-5-13-26)8-11-25(12-9-23)16-18-6-3-2-4-7-18/h2-4,6-7,14,26,29H,5,8-13,15-16H2,1H3,(H,24,28). The number of amides is 1. The van der Waals surface area contributed by atoms with Gasteiger partial charge in [-0.05, 0) is 44.8 Å². The Labute approximate surface area is 176 Å². The topological polar surface area (TPSA) is 103 Å². The molecule has 162 valence electrons. The second kappa shape index (κ2) is 9.91. The number of aryl methyl sites for hydroxylation is 1. The summed E-state index contributed by atoms with van der Waals surface area (Å²) < 4.78 is 5.82. The van der Waals surface area contributed by atoms with Crippen LogP contribution < -0.4 is 10.7 Å². The highest BCUT2D eigenvalue weighted by atomic mass is 16.4. The normalized spacial score (nSPS) is 16.3. The molecule has 0 saturated carbocycles. The summed E-state index contributed by atoms with van der Waals surface area (Å²) in [5.74, 6) is 0.0486. The molecule has 7 heteroatoms. The van der Waals surface area contributed by atoms with Crippen molar-refractivity contribution in [3.05, 3.63) is 63.7 Å². The molecule has 1 aliphatic heterocycles. The van der Waals surface area contributed by atoms with E-state index in [2.05, 4.69) is 22.3 Å². The number of nitrogens with one attached hydrogen (secondary N) is 1. The van der Waals surface area contributed by atoms with Crippen LogP contribution in [0.15, 0.2) is 45.6 Å². The van der Waals surface area contributed by atoms with Crippen LogP contribution in [0.25, 0.3) is 0 Å². The molecule has 3 rings (SSSR count). The number of rotatable bonds is 8.